The number of carbonyl (C=O) groups is 2. The molecule has 0 spiro atoms. The fourth-order valence-corrected chi connectivity index (χ4v) is 4.93. The number of hydrogen-bond acceptors (Lipinski definition) is 5. The standard InChI is InChI=1S/C14H23NO5S/c1-2-20-14(17)12-4-3-6-15(9-12)13(16)8-11-5-7-21(18,19)10-11/h11-12H,2-10H2,1H3. The first-order valence-electron chi connectivity index (χ1n) is 7.56. The van der Waals surface area contributed by atoms with E-state index in [-0.39, 0.29) is 41.6 Å². The number of carbonyl (C=O) groups excluding carboxylic acids is 2. The minimum atomic E-state index is -2.95. The van der Waals surface area contributed by atoms with E-state index in [9.17, 15) is 18.0 Å². The Labute approximate surface area is 125 Å². The van der Waals surface area contributed by atoms with Gasteiger partial charge in [0.25, 0.3) is 0 Å². The number of hydrogen-bond donors (Lipinski definition) is 0. The van der Waals surface area contributed by atoms with Gasteiger partial charge < -0.3 is 9.64 Å². The molecule has 0 bridgehead atoms. The molecule has 1 amide bonds. The van der Waals surface area contributed by atoms with Gasteiger partial charge in [0.1, 0.15) is 0 Å². The average molecular weight is 317 g/mol. The summed E-state index contributed by atoms with van der Waals surface area (Å²) >= 11 is 0. The van der Waals surface area contributed by atoms with Crippen LogP contribution in [0.1, 0.15) is 32.6 Å². The summed E-state index contributed by atoms with van der Waals surface area (Å²) in [5.74, 6) is -0.269. The molecule has 0 N–H and O–H groups in total. The van der Waals surface area contributed by atoms with Gasteiger partial charge >= 0.3 is 5.97 Å². The molecular weight excluding hydrogens is 294 g/mol. The SMILES string of the molecule is CCOC(=O)C1CCCN(C(=O)CC2CCS(=O)(=O)C2)C1. The van der Waals surface area contributed by atoms with Crippen LogP contribution in [0.4, 0.5) is 0 Å². The third-order valence-corrected chi connectivity index (χ3v) is 6.02. The zero-order valence-corrected chi connectivity index (χ0v) is 13.2. The van der Waals surface area contributed by atoms with Gasteiger partial charge in [0.2, 0.25) is 5.91 Å². The van der Waals surface area contributed by atoms with Crippen molar-refractivity contribution >= 4 is 21.7 Å². The van der Waals surface area contributed by atoms with E-state index >= 15 is 0 Å². The maximum absolute atomic E-state index is 12.3. The highest BCUT2D eigenvalue weighted by molar-refractivity contribution is 7.91. The molecule has 120 valence electrons. The Hall–Kier alpha value is -1.11. The number of nitrogens with zero attached hydrogens (tertiary/aromatic N) is 1. The van der Waals surface area contributed by atoms with E-state index in [0.29, 0.717) is 26.1 Å². The number of esters is 1. The van der Waals surface area contributed by atoms with Crippen molar-refractivity contribution in [3.8, 4) is 0 Å². The second kappa shape index (κ2) is 6.77. The number of likely N-dealkylation sites (tertiary alicyclic amines) is 1. The van der Waals surface area contributed by atoms with E-state index in [1.807, 2.05) is 0 Å². The number of ether oxygens (including phenoxy) is 1. The summed E-state index contributed by atoms with van der Waals surface area (Å²) in [5.41, 5.74) is 0. The minimum Gasteiger partial charge on any atom is -0.466 e. The normalized spacial score (nSPS) is 28.3. The zero-order valence-electron chi connectivity index (χ0n) is 12.4. The largest absolute Gasteiger partial charge is 0.466 e. The third kappa shape index (κ3) is 4.43. The second-order valence-corrected chi connectivity index (χ2v) is 8.13. The van der Waals surface area contributed by atoms with Crippen LogP contribution >= 0.6 is 0 Å². The van der Waals surface area contributed by atoms with E-state index in [4.69, 9.17) is 4.74 Å². The van der Waals surface area contributed by atoms with Crippen molar-refractivity contribution < 1.29 is 22.7 Å². The lowest BCUT2D eigenvalue weighted by Crippen LogP contribution is -2.43. The van der Waals surface area contributed by atoms with Crippen molar-refractivity contribution in [3.63, 3.8) is 0 Å². The molecule has 2 fully saturated rings. The summed E-state index contributed by atoms with van der Waals surface area (Å²) in [6.45, 7) is 3.17. The van der Waals surface area contributed by atoms with Crippen LogP contribution in [0.2, 0.25) is 0 Å². The number of piperidine rings is 1. The first kappa shape index (κ1) is 16.3. The van der Waals surface area contributed by atoms with Gasteiger partial charge in [-0.15, -0.1) is 0 Å². The maximum atomic E-state index is 12.3. The van der Waals surface area contributed by atoms with Crippen LogP contribution in [0.15, 0.2) is 0 Å². The van der Waals surface area contributed by atoms with Crippen LogP contribution < -0.4 is 0 Å². The molecule has 0 radical (unpaired) electrons. The van der Waals surface area contributed by atoms with Gasteiger partial charge in [0, 0.05) is 19.5 Å². The minimum absolute atomic E-state index is 0.0360. The van der Waals surface area contributed by atoms with Gasteiger partial charge in [0.05, 0.1) is 24.0 Å². The van der Waals surface area contributed by atoms with Crippen molar-refractivity contribution in [2.45, 2.75) is 32.6 Å². The predicted octanol–water partition coefficient (Wildman–Crippen LogP) is 0.613. The van der Waals surface area contributed by atoms with Gasteiger partial charge in [0.15, 0.2) is 9.84 Å². The zero-order chi connectivity index (χ0) is 15.5. The summed E-state index contributed by atoms with van der Waals surface area (Å²) in [7, 11) is -2.95. The number of rotatable bonds is 4. The van der Waals surface area contributed by atoms with Gasteiger partial charge in [-0.05, 0) is 32.1 Å². The van der Waals surface area contributed by atoms with Crippen molar-refractivity contribution in [1.29, 1.82) is 0 Å². The molecule has 0 aromatic rings. The van der Waals surface area contributed by atoms with Crippen LogP contribution in [-0.4, -0.2) is 56.4 Å². The maximum Gasteiger partial charge on any atom is 0.310 e. The van der Waals surface area contributed by atoms with Gasteiger partial charge in [-0.1, -0.05) is 0 Å². The highest BCUT2D eigenvalue weighted by atomic mass is 32.2. The predicted molar refractivity (Wildman–Crippen MR) is 77.3 cm³/mol. The average Bonchev–Trinajstić information content (AvgIpc) is 2.78. The van der Waals surface area contributed by atoms with Crippen molar-refractivity contribution in [2.75, 3.05) is 31.2 Å². The van der Waals surface area contributed by atoms with Gasteiger partial charge in [-0.2, -0.15) is 0 Å². The fourth-order valence-electron chi connectivity index (χ4n) is 3.07. The van der Waals surface area contributed by atoms with E-state index in [1.54, 1.807) is 11.8 Å². The third-order valence-electron chi connectivity index (χ3n) is 4.18. The monoisotopic (exact) mass is 317 g/mol. The first-order chi connectivity index (χ1) is 9.91. The smallest absolute Gasteiger partial charge is 0.310 e. The molecule has 2 aliphatic rings. The summed E-state index contributed by atoms with van der Waals surface area (Å²) in [5, 5.41) is 0. The van der Waals surface area contributed by atoms with Gasteiger partial charge in [-0.3, -0.25) is 9.59 Å². The first-order valence-corrected chi connectivity index (χ1v) is 9.38. The molecule has 2 saturated heterocycles. The summed E-state index contributed by atoms with van der Waals surface area (Å²) < 4.78 is 27.9. The van der Waals surface area contributed by atoms with Gasteiger partial charge in [-0.25, -0.2) is 8.42 Å². The lowest BCUT2D eigenvalue weighted by Gasteiger charge is -2.32. The highest BCUT2D eigenvalue weighted by Crippen LogP contribution is 2.24. The van der Waals surface area contributed by atoms with E-state index in [1.165, 1.54) is 0 Å². The quantitative estimate of drug-likeness (QED) is 0.710. The molecule has 0 aromatic heterocycles. The Morgan fingerprint density at radius 3 is 2.67 bits per heavy atom. The Morgan fingerprint density at radius 2 is 2.05 bits per heavy atom. The molecule has 6 nitrogen and oxygen atoms in total. The molecule has 0 saturated carbocycles. The molecule has 21 heavy (non-hydrogen) atoms. The van der Waals surface area contributed by atoms with E-state index in [2.05, 4.69) is 0 Å². The molecule has 0 aliphatic carbocycles. The van der Waals surface area contributed by atoms with Crippen molar-refractivity contribution in [1.82, 2.24) is 4.90 Å². The Balaban J connectivity index is 1.86. The van der Waals surface area contributed by atoms with E-state index in [0.717, 1.165) is 12.8 Å². The fraction of sp³-hybridized carbons (Fsp3) is 0.857. The number of sulfone groups is 1. The topological polar surface area (TPSA) is 80.8 Å². The van der Waals surface area contributed by atoms with Crippen LogP contribution in [0.5, 0.6) is 0 Å². The Bertz CT molecular complexity index is 501. The molecule has 2 unspecified atom stereocenters. The molecule has 0 aromatic carbocycles. The van der Waals surface area contributed by atoms with Crippen molar-refractivity contribution in [2.24, 2.45) is 11.8 Å². The van der Waals surface area contributed by atoms with E-state index < -0.39 is 9.84 Å². The molecule has 2 aliphatic heterocycles. The van der Waals surface area contributed by atoms with Crippen LogP contribution in [0, 0.1) is 11.8 Å². The summed E-state index contributed by atoms with van der Waals surface area (Å²) in [4.78, 5) is 25.7. The lowest BCUT2D eigenvalue weighted by atomic mass is 9.96. The van der Waals surface area contributed by atoms with Crippen molar-refractivity contribution in [3.05, 3.63) is 0 Å². The van der Waals surface area contributed by atoms with Crippen LogP contribution in [0.25, 0.3) is 0 Å². The summed E-state index contributed by atoms with van der Waals surface area (Å²) in [6.07, 6.45) is 2.39. The second-order valence-electron chi connectivity index (χ2n) is 5.90. The van der Waals surface area contributed by atoms with Crippen LogP contribution in [0.3, 0.4) is 0 Å². The van der Waals surface area contributed by atoms with Crippen LogP contribution in [-0.2, 0) is 24.2 Å². The molecule has 2 rings (SSSR count). The Morgan fingerprint density at radius 1 is 1.29 bits per heavy atom. The number of amides is 1. The highest BCUT2D eigenvalue weighted by Gasteiger charge is 2.33. The molecule has 2 heterocycles. The molecule has 7 heteroatoms. The Kier molecular flexibility index (Phi) is 5.24. The molecular formula is C14H23NO5S. The summed E-state index contributed by atoms with van der Waals surface area (Å²) in [6, 6.07) is 0. The molecule has 2 atom stereocenters. The lowest BCUT2D eigenvalue weighted by molar-refractivity contribution is -0.151.